The zero-order valence-electron chi connectivity index (χ0n) is 14.6. The van der Waals surface area contributed by atoms with Gasteiger partial charge in [0.15, 0.2) is 0 Å². The molecule has 0 unspecified atom stereocenters. The highest BCUT2D eigenvalue weighted by Gasteiger charge is 2.47. The van der Waals surface area contributed by atoms with Gasteiger partial charge in [-0.25, -0.2) is 4.98 Å². The topological polar surface area (TPSA) is 83.8 Å². The van der Waals surface area contributed by atoms with Gasteiger partial charge in [-0.2, -0.15) is 0 Å². The van der Waals surface area contributed by atoms with Crippen LogP contribution < -0.4 is 5.32 Å². The van der Waals surface area contributed by atoms with E-state index in [1.807, 2.05) is 35.0 Å². The number of pyridine rings is 1. The van der Waals surface area contributed by atoms with Crippen molar-refractivity contribution < 1.29 is 14.4 Å². The first-order valence-electron chi connectivity index (χ1n) is 9.18. The minimum Gasteiger partial charge on any atom is -0.350 e. The molecule has 2 aromatic rings. The Hall–Kier alpha value is -2.70. The summed E-state index contributed by atoms with van der Waals surface area (Å²) in [6.07, 6.45) is 7.51. The maximum atomic E-state index is 12.4. The molecule has 2 aromatic heterocycles. The van der Waals surface area contributed by atoms with Crippen LogP contribution in [-0.4, -0.2) is 38.6 Å². The van der Waals surface area contributed by atoms with Crippen LogP contribution in [0.1, 0.15) is 37.8 Å². The summed E-state index contributed by atoms with van der Waals surface area (Å²) in [7, 11) is 0. The predicted octanol–water partition coefficient (Wildman–Crippen LogP) is 1.52. The lowest BCUT2D eigenvalue weighted by atomic mass is 9.81. The number of likely N-dealkylation sites (tertiary alicyclic amines) is 1. The lowest BCUT2D eigenvalue weighted by molar-refractivity contribution is -0.140. The molecule has 26 heavy (non-hydrogen) atoms. The van der Waals surface area contributed by atoms with Crippen molar-refractivity contribution in [2.45, 2.75) is 38.6 Å². The third-order valence-corrected chi connectivity index (χ3v) is 5.38. The lowest BCUT2D eigenvalue weighted by Crippen LogP contribution is -2.35. The first kappa shape index (κ1) is 16.8. The van der Waals surface area contributed by atoms with Gasteiger partial charge in [-0.15, -0.1) is 0 Å². The first-order valence-corrected chi connectivity index (χ1v) is 9.18. The molecule has 3 amide bonds. The van der Waals surface area contributed by atoms with Crippen LogP contribution >= 0.6 is 0 Å². The van der Waals surface area contributed by atoms with Gasteiger partial charge in [0.25, 0.3) is 0 Å². The standard InChI is InChI=1S/C19H22N4O3/c24-17(20-11-13-12-22-9-4-3-7-16(22)21-13)8-10-23-18(25)14-5-1-2-6-15(14)19(23)26/h3-4,7,9,12,14-15H,1-2,5-6,8,10-11H2,(H,20,24)/t14-,15-/m0/s1. The number of nitrogens with one attached hydrogen (secondary N) is 1. The van der Waals surface area contributed by atoms with Crippen LogP contribution in [0.3, 0.4) is 0 Å². The minimum absolute atomic E-state index is 0.0900. The van der Waals surface area contributed by atoms with Crippen molar-refractivity contribution >= 4 is 23.4 Å². The van der Waals surface area contributed by atoms with Crippen LogP contribution in [0.5, 0.6) is 0 Å². The van der Waals surface area contributed by atoms with Crippen LogP contribution in [0.2, 0.25) is 0 Å². The molecule has 7 nitrogen and oxygen atoms in total. The second-order valence-corrected chi connectivity index (χ2v) is 7.05. The molecule has 1 N–H and O–H groups in total. The fraction of sp³-hybridized carbons (Fsp3) is 0.474. The Balaban J connectivity index is 1.30. The Morgan fingerprint density at radius 1 is 1.15 bits per heavy atom. The number of hydrogen-bond donors (Lipinski definition) is 1. The summed E-state index contributed by atoms with van der Waals surface area (Å²) in [4.78, 5) is 42.6. The van der Waals surface area contributed by atoms with Gasteiger partial charge in [0.05, 0.1) is 24.1 Å². The molecule has 0 radical (unpaired) electrons. The fourth-order valence-electron chi connectivity index (χ4n) is 4.01. The highest BCUT2D eigenvalue weighted by Crippen LogP contribution is 2.37. The fourth-order valence-corrected chi connectivity index (χ4v) is 4.01. The lowest BCUT2D eigenvalue weighted by Gasteiger charge is -2.19. The van der Waals surface area contributed by atoms with Crippen molar-refractivity contribution in [1.29, 1.82) is 0 Å². The Labute approximate surface area is 151 Å². The van der Waals surface area contributed by atoms with Gasteiger partial charge in [-0.1, -0.05) is 18.9 Å². The molecule has 1 aliphatic heterocycles. The molecule has 3 heterocycles. The molecule has 1 saturated heterocycles. The van der Waals surface area contributed by atoms with Crippen molar-refractivity contribution in [3.05, 3.63) is 36.3 Å². The number of hydrogen-bond acceptors (Lipinski definition) is 4. The van der Waals surface area contributed by atoms with E-state index >= 15 is 0 Å². The van der Waals surface area contributed by atoms with E-state index in [1.54, 1.807) is 0 Å². The molecule has 0 aromatic carbocycles. The van der Waals surface area contributed by atoms with E-state index < -0.39 is 0 Å². The quantitative estimate of drug-likeness (QED) is 0.825. The molecular formula is C19H22N4O3. The average molecular weight is 354 g/mol. The zero-order chi connectivity index (χ0) is 18.1. The number of aromatic nitrogens is 2. The molecule has 2 aliphatic rings. The summed E-state index contributed by atoms with van der Waals surface area (Å²) in [5.74, 6) is -0.673. The normalized spacial score (nSPS) is 22.7. The van der Waals surface area contributed by atoms with Crippen LogP contribution in [0.25, 0.3) is 5.65 Å². The number of imide groups is 1. The zero-order valence-corrected chi connectivity index (χ0v) is 14.6. The largest absolute Gasteiger partial charge is 0.350 e. The second-order valence-electron chi connectivity index (χ2n) is 7.05. The van der Waals surface area contributed by atoms with Crippen LogP contribution in [-0.2, 0) is 20.9 Å². The van der Waals surface area contributed by atoms with Crippen molar-refractivity contribution in [3.63, 3.8) is 0 Å². The van der Waals surface area contributed by atoms with E-state index in [2.05, 4.69) is 10.3 Å². The smallest absolute Gasteiger partial charge is 0.233 e. The van der Waals surface area contributed by atoms with E-state index in [1.165, 1.54) is 4.90 Å². The molecule has 4 rings (SSSR count). The van der Waals surface area contributed by atoms with Crippen molar-refractivity contribution in [2.75, 3.05) is 6.54 Å². The number of fused-ring (bicyclic) bond motifs is 2. The predicted molar refractivity (Wildman–Crippen MR) is 93.8 cm³/mol. The van der Waals surface area contributed by atoms with E-state index in [0.29, 0.717) is 6.54 Å². The Morgan fingerprint density at radius 3 is 2.58 bits per heavy atom. The van der Waals surface area contributed by atoms with E-state index in [9.17, 15) is 14.4 Å². The average Bonchev–Trinajstić information content (AvgIpc) is 3.18. The first-order chi connectivity index (χ1) is 12.6. The molecule has 1 saturated carbocycles. The van der Waals surface area contributed by atoms with Gasteiger partial charge >= 0.3 is 0 Å². The monoisotopic (exact) mass is 354 g/mol. The van der Waals surface area contributed by atoms with Gasteiger partial charge in [0.2, 0.25) is 17.7 Å². The Bertz CT molecular complexity index is 802. The highest BCUT2D eigenvalue weighted by atomic mass is 16.2. The maximum Gasteiger partial charge on any atom is 0.233 e. The molecule has 7 heteroatoms. The summed E-state index contributed by atoms with van der Waals surface area (Å²) in [5, 5.41) is 2.81. The van der Waals surface area contributed by atoms with E-state index in [0.717, 1.165) is 37.0 Å². The van der Waals surface area contributed by atoms with Gasteiger partial charge in [-0.3, -0.25) is 19.3 Å². The van der Waals surface area contributed by atoms with Gasteiger partial charge < -0.3 is 9.72 Å². The molecule has 1 aliphatic carbocycles. The van der Waals surface area contributed by atoms with Crippen molar-refractivity contribution in [1.82, 2.24) is 19.6 Å². The van der Waals surface area contributed by atoms with Gasteiger partial charge in [-0.05, 0) is 25.0 Å². The minimum atomic E-state index is -0.183. The second kappa shape index (κ2) is 6.90. The third kappa shape index (κ3) is 3.09. The summed E-state index contributed by atoms with van der Waals surface area (Å²) in [6, 6.07) is 5.72. The van der Waals surface area contributed by atoms with Gasteiger partial charge in [0.1, 0.15) is 5.65 Å². The van der Waals surface area contributed by atoms with E-state index in [4.69, 9.17) is 0 Å². The van der Waals surface area contributed by atoms with Gasteiger partial charge in [0, 0.05) is 25.4 Å². The molecule has 0 bridgehead atoms. The molecule has 2 fully saturated rings. The molecule has 136 valence electrons. The summed E-state index contributed by atoms with van der Waals surface area (Å²) in [6.45, 7) is 0.495. The number of carbonyl (C=O) groups excluding carboxylic acids is 3. The highest BCUT2D eigenvalue weighted by molar-refractivity contribution is 6.05. The number of nitrogens with zero attached hydrogens (tertiary/aromatic N) is 3. The van der Waals surface area contributed by atoms with Crippen LogP contribution in [0.15, 0.2) is 30.6 Å². The third-order valence-electron chi connectivity index (χ3n) is 5.38. The summed E-state index contributed by atoms with van der Waals surface area (Å²) < 4.78 is 1.89. The van der Waals surface area contributed by atoms with Crippen LogP contribution in [0, 0.1) is 11.8 Å². The SMILES string of the molecule is O=C(CCN1C(=O)[C@H]2CCCC[C@@H]2C1=O)NCc1cn2ccccc2n1. The van der Waals surface area contributed by atoms with Crippen molar-refractivity contribution in [2.24, 2.45) is 11.8 Å². The van der Waals surface area contributed by atoms with Crippen LogP contribution in [0.4, 0.5) is 0 Å². The molecular weight excluding hydrogens is 332 g/mol. The van der Waals surface area contributed by atoms with E-state index in [-0.39, 0.29) is 42.5 Å². The Kier molecular flexibility index (Phi) is 4.44. The maximum absolute atomic E-state index is 12.4. The van der Waals surface area contributed by atoms with Crippen molar-refractivity contribution in [3.8, 4) is 0 Å². The number of rotatable bonds is 5. The Morgan fingerprint density at radius 2 is 1.88 bits per heavy atom. The molecule has 2 atom stereocenters. The summed E-state index contributed by atoms with van der Waals surface area (Å²) >= 11 is 0. The number of imidazole rings is 1. The number of amides is 3. The number of carbonyl (C=O) groups is 3. The molecule has 0 spiro atoms. The summed E-state index contributed by atoms with van der Waals surface area (Å²) in [5.41, 5.74) is 1.59.